The lowest BCUT2D eigenvalue weighted by molar-refractivity contribution is -0.119. The number of benzodiazepines with no additional fused rings is 1. The molecule has 38 heavy (non-hydrogen) atoms. The van der Waals surface area contributed by atoms with E-state index in [1.165, 1.54) is 6.92 Å². The summed E-state index contributed by atoms with van der Waals surface area (Å²) in [5.41, 5.74) is 3.05. The first kappa shape index (κ1) is 29.2. The third kappa shape index (κ3) is 8.91. The molecule has 1 aliphatic heterocycles. The van der Waals surface area contributed by atoms with Gasteiger partial charge in [-0.3, -0.25) is 25.5 Å². The molecule has 10 nitrogen and oxygen atoms in total. The molecule has 0 radical (unpaired) electrons. The number of ether oxygens (including phenoxy) is 4. The zero-order valence-electron chi connectivity index (χ0n) is 21.7. The number of nitrogens with zero attached hydrogens (tertiary/aromatic N) is 2. The van der Waals surface area contributed by atoms with Crippen molar-refractivity contribution in [2.24, 2.45) is 4.99 Å². The maximum Gasteiger partial charge on any atom is 0.216 e. The molecule has 11 heteroatoms. The first-order valence-corrected chi connectivity index (χ1v) is 12.7. The molecule has 0 unspecified atom stereocenters. The molecule has 0 bridgehead atoms. The fraction of sp³-hybridized carbons (Fsp3) is 0.407. The largest absolute Gasteiger partial charge is 0.491 e. The van der Waals surface area contributed by atoms with Crippen molar-refractivity contribution in [1.29, 1.82) is 10.8 Å². The number of rotatable bonds is 14. The molecule has 0 fully saturated rings. The summed E-state index contributed by atoms with van der Waals surface area (Å²) in [6.45, 7) is 6.74. The van der Waals surface area contributed by atoms with Crippen LogP contribution in [0, 0.1) is 10.8 Å². The number of amides is 1. The van der Waals surface area contributed by atoms with E-state index in [0.717, 1.165) is 11.1 Å². The molecule has 1 amide bonds. The molecular formula is C27H34ClN5O5. The maximum absolute atomic E-state index is 10.8. The Morgan fingerprint density at radius 3 is 2.24 bits per heavy atom. The van der Waals surface area contributed by atoms with E-state index < -0.39 is 0 Å². The van der Waals surface area contributed by atoms with Gasteiger partial charge in [-0.15, -0.1) is 0 Å². The van der Waals surface area contributed by atoms with Gasteiger partial charge in [-0.2, -0.15) is 0 Å². The van der Waals surface area contributed by atoms with Crippen molar-refractivity contribution in [2.45, 2.75) is 13.8 Å². The van der Waals surface area contributed by atoms with E-state index in [0.29, 0.717) is 75.0 Å². The van der Waals surface area contributed by atoms with Crippen LogP contribution in [0.1, 0.15) is 25.0 Å². The molecule has 0 spiro atoms. The quantitative estimate of drug-likeness (QED) is 0.190. The van der Waals surface area contributed by atoms with Crippen molar-refractivity contribution < 1.29 is 23.7 Å². The number of halogens is 1. The standard InChI is InChI=1S/C27H34ClN5O5/c1-19(29)33-25-8-7-23(38-16-15-37-14-13-36-12-11-35-10-9-31-20(2)34)17-24(25)27(32-18-26(33)30)21-3-5-22(28)6-4-21/h3-8,17,29-30H,9-16,18H2,1-2H3,(H,31,34). The predicted molar refractivity (Wildman–Crippen MR) is 149 cm³/mol. The second-order valence-corrected chi connectivity index (χ2v) is 8.82. The van der Waals surface area contributed by atoms with E-state index in [4.69, 9.17) is 41.4 Å². The van der Waals surface area contributed by atoms with Gasteiger partial charge in [-0.1, -0.05) is 23.7 Å². The van der Waals surface area contributed by atoms with E-state index in [1.54, 1.807) is 24.0 Å². The molecule has 3 N–H and O–H groups in total. The second-order valence-electron chi connectivity index (χ2n) is 8.39. The molecular weight excluding hydrogens is 510 g/mol. The van der Waals surface area contributed by atoms with Crippen LogP contribution in [0.4, 0.5) is 5.69 Å². The van der Waals surface area contributed by atoms with Crippen LogP contribution in [0.25, 0.3) is 0 Å². The van der Waals surface area contributed by atoms with Crippen LogP contribution in [-0.4, -0.2) is 82.6 Å². The third-order valence-corrected chi connectivity index (χ3v) is 5.69. The zero-order valence-corrected chi connectivity index (χ0v) is 22.5. The number of aliphatic imine (C=N–C) groups is 1. The van der Waals surface area contributed by atoms with Crippen LogP contribution in [0.2, 0.25) is 5.02 Å². The Balaban J connectivity index is 1.49. The van der Waals surface area contributed by atoms with E-state index in [9.17, 15) is 4.79 Å². The van der Waals surface area contributed by atoms with Crippen LogP contribution in [0.5, 0.6) is 5.75 Å². The van der Waals surface area contributed by atoms with Crippen LogP contribution in [-0.2, 0) is 19.0 Å². The summed E-state index contributed by atoms with van der Waals surface area (Å²) < 4.78 is 22.3. The minimum Gasteiger partial charge on any atom is -0.491 e. The van der Waals surface area contributed by atoms with Crippen LogP contribution in [0.3, 0.4) is 0 Å². The monoisotopic (exact) mass is 543 g/mol. The summed E-state index contributed by atoms with van der Waals surface area (Å²) in [7, 11) is 0. The van der Waals surface area contributed by atoms with Gasteiger partial charge < -0.3 is 24.3 Å². The van der Waals surface area contributed by atoms with Crippen LogP contribution >= 0.6 is 11.6 Å². The van der Waals surface area contributed by atoms with Crippen molar-refractivity contribution in [3.8, 4) is 5.75 Å². The average molecular weight is 544 g/mol. The van der Waals surface area contributed by atoms with Gasteiger partial charge in [0.25, 0.3) is 0 Å². The molecule has 2 aromatic carbocycles. The molecule has 0 saturated heterocycles. The van der Waals surface area contributed by atoms with Gasteiger partial charge >= 0.3 is 0 Å². The molecule has 0 saturated carbocycles. The van der Waals surface area contributed by atoms with Crippen LogP contribution in [0.15, 0.2) is 47.5 Å². The molecule has 0 aromatic heterocycles. The number of carbonyl (C=O) groups is 1. The number of anilines is 1. The highest BCUT2D eigenvalue weighted by Gasteiger charge is 2.25. The zero-order chi connectivity index (χ0) is 27.3. The lowest BCUT2D eigenvalue weighted by Gasteiger charge is -2.24. The fourth-order valence-corrected chi connectivity index (χ4v) is 3.87. The number of carbonyl (C=O) groups excluding carboxylic acids is 1. The molecule has 1 aliphatic rings. The molecule has 3 rings (SSSR count). The fourth-order valence-electron chi connectivity index (χ4n) is 3.74. The number of fused-ring (bicyclic) bond motifs is 1. The number of hydrogen-bond donors (Lipinski definition) is 3. The highest BCUT2D eigenvalue weighted by molar-refractivity contribution is 6.31. The summed E-state index contributed by atoms with van der Waals surface area (Å²) in [6.07, 6.45) is 0. The maximum atomic E-state index is 10.8. The number of amidine groups is 2. The van der Waals surface area contributed by atoms with Crippen molar-refractivity contribution in [2.75, 3.05) is 64.2 Å². The Morgan fingerprint density at radius 1 is 0.974 bits per heavy atom. The Hall–Kier alpha value is -3.31. The highest BCUT2D eigenvalue weighted by Crippen LogP contribution is 2.31. The molecule has 2 aromatic rings. The predicted octanol–water partition coefficient (Wildman–Crippen LogP) is 3.54. The minimum absolute atomic E-state index is 0.0736. The molecule has 1 heterocycles. The molecule has 0 aliphatic carbocycles. The molecule has 0 atom stereocenters. The van der Waals surface area contributed by atoms with E-state index in [2.05, 4.69) is 10.3 Å². The average Bonchev–Trinajstić information content (AvgIpc) is 3.03. The molecule has 204 valence electrons. The Bertz CT molecular complexity index is 1140. The topological polar surface area (TPSA) is 129 Å². The minimum atomic E-state index is -0.0736. The van der Waals surface area contributed by atoms with E-state index >= 15 is 0 Å². The smallest absolute Gasteiger partial charge is 0.216 e. The summed E-state index contributed by atoms with van der Waals surface area (Å²) in [5.74, 6) is 1.03. The van der Waals surface area contributed by atoms with Crippen molar-refractivity contribution in [3.63, 3.8) is 0 Å². The Labute approximate surface area is 227 Å². The van der Waals surface area contributed by atoms with E-state index in [-0.39, 0.29) is 24.1 Å². The lowest BCUT2D eigenvalue weighted by atomic mass is 9.99. The second kappa shape index (κ2) is 15.2. The number of benzene rings is 2. The van der Waals surface area contributed by atoms with E-state index in [1.807, 2.05) is 30.3 Å². The van der Waals surface area contributed by atoms with Gasteiger partial charge in [-0.25, -0.2) is 0 Å². The Morgan fingerprint density at radius 2 is 1.61 bits per heavy atom. The summed E-state index contributed by atoms with van der Waals surface area (Å²) in [4.78, 5) is 17.0. The van der Waals surface area contributed by atoms with Crippen molar-refractivity contribution in [1.82, 2.24) is 5.32 Å². The Kier molecular flexibility index (Phi) is 11.7. The first-order valence-electron chi connectivity index (χ1n) is 12.3. The van der Waals surface area contributed by atoms with Gasteiger partial charge in [0.1, 0.15) is 24.0 Å². The van der Waals surface area contributed by atoms with Crippen molar-refractivity contribution >= 4 is 40.6 Å². The summed E-state index contributed by atoms with van der Waals surface area (Å²) >= 11 is 6.08. The summed E-state index contributed by atoms with van der Waals surface area (Å²) in [5, 5.41) is 19.9. The highest BCUT2D eigenvalue weighted by atomic mass is 35.5. The SMILES string of the molecule is CC(=N)N1C(=N)CN=C(c2ccc(Cl)cc2)c2cc(OCCOCCOCCOCCNC(C)=O)ccc21. The number of hydrogen-bond acceptors (Lipinski definition) is 8. The third-order valence-electron chi connectivity index (χ3n) is 5.43. The number of nitrogens with one attached hydrogen (secondary N) is 3. The van der Waals surface area contributed by atoms with Gasteiger partial charge in [0.05, 0.1) is 57.6 Å². The van der Waals surface area contributed by atoms with Crippen LogP contribution < -0.4 is 15.0 Å². The normalized spacial score (nSPS) is 13.0. The summed E-state index contributed by atoms with van der Waals surface area (Å²) in [6, 6.07) is 12.9. The lowest BCUT2D eigenvalue weighted by Crippen LogP contribution is -2.35. The van der Waals surface area contributed by atoms with Gasteiger partial charge in [0, 0.05) is 29.6 Å². The first-order chi connectivity index (χ1) is 18.4. The van der Waals surface area contributed by atoms with Crippen molar-refractivity contribution in [3.05, 3.63) is 58.6 Å². The van der Waals surface area contributed by atoms with Gasteiger partial charge in [0.15, 0.2) is 0 Å². The van der Waals surface area contributed by atoms with Gasteiger partial charge in [0.2, 0.25) is 5.91 Å². The van der Waals surface area contributed by atoms with Gasteiger partial charge in [-0.05, 0) is 37.3 Å².